The van der Waals surface area contributed by atoms with E-state index in [4.69, 9.17) is 0 Å². The summed E-state index contributed by atoms with van der Waals surface area (Å²) in [5.41, 5.74) is 1.14. The summed E-state index contributed by atoms with van der Waals surface area (Å²) >= 11 is 0. The van der Waals surface area contributed by atoms with Crippen LogP contribution < -0.4 is 10.6 Å². The molecule has 0 aromatic heterocycles. The molecule has 0 radical (unpaired) electrons. The van der Waals surface area contributed by atoms with Crippen molar-refractivity contribution in [1.29, 1.82) is 0 Å². The van der Waals surface area contributed by atoms with Crippen LogP contribution in [0, 0.1) is 5.92 Å². The molecule has 98 valence electrons. The van der Waals surface area contributed by atoms with Crippen LogP contribution in [0.4, 0.5) is 0 Å². The Morgan fingerprint density at radius 2 is 2.00 bits per heavy atom. The molecule has 1 saturated heterocycles. The Bertz CT molecular complexity index is 381. The third-order valence-corrected chi connectivity index (χ3v) is 3.51. The lowest BCUT2D eigenvalue weighted by molar-refractivity contribution is -0.124. The summed E-state index contributed by atoms with van der Waals surface area (Å²) in [4.78, 5) is 12.1. The lowest BCUT2D eigenvalue weighted by Crippen LogP contribution is -2.51. The summed E-state index contributed by atoms with van der Waals surface area (Å²) in [6.45, 7) is 4.97. The third-order valence-electron chi connectivity index (χ3n) is 3.51. The van der Waals surface area contributed by atoms with Crippen molar-refractivity contribution in [2.45, 2.75) is 45.3 Å². The standard InChI is InChI=1S/C15H22N2O/c1-11-8-12(2)17-14(9-11)15(18)16-10-13-6-4-3-5-7-13/h3-7,11-12,14,17H,8-10H2,1-2H3,(H,16,18). The van der Waals surface area contributed by atoms with E-state index < -0.39 is 0 Å². The summed E-state index contributed by atoms with van der Waals surface area (Å²) < 4.78 is 0. The van der Waals surface area contributed by atoms with E-state index in [1.165, 1.54) is 0 Å². The second-order valence-electron chi connectivity index (χ2n) is 5.40. The van der Waals surface area contributed by atoms with E-state index in [1.54, 1.807) is 0 Å². The predicted octanol–water partition coefficient (Wildman–Crippen LogP) is 2.08. The van der Waals surface area contributed by atoms with Gasteiger partial charge in [-0.25, -0.2) is 0 Å². The molecular formula is C15H22N2O. The highest BCUT2D eigenvalue weighted by atomic mass is 16.2. The highest BCUT2D eigenvalue weighted by molar-refractivity contribution is 5.81. The first-order valence-electron chi connectivity index (χ1n) is 6.73. The van der Waals surface area contributed by atoms with Crippen LogP contribution in [0.1, 0.15) is 32.3 Å². The molecule has 1 aromatic rings. The molecule has 3 nitrogen and oxygen atoms in total. The first-order valence-corrected chi connectivity index (χ1v) is 6.73. The first-order chi connectivity index (χ1) is 8.65. The largest absolute Gasteiger partial charge is 0.351 e. The predicted molar refractivity (Wildman–Crippen MR) is 73.1 cm³/mol. The molecule has 1 amide bonds. The number of rotatable bonds is 3. The Morgan fingerprint density at radius 1 is 1.28 bits per heavy atom. The number of amides is 1. The van der Waals surface area contributed by atoms with Crippen LogP contribution >= 0.6 is 0 Å². The highest BCUT2D eigenvalue weighted by Gasteiger charge is 2.27. The van der Waals surface area contributed by atoms with Gasteiger partial charge in [0.1, 0.15) is 0 Å². The van der Waals surface area contributed by atoms with Crippen LogP contribution in [0.3, 0.4) is 0 Å². The van der Waals surface area contributed by atoms with Crippen molar-refractivity contribution >= 4 is 5.91 Å². The van der Waals surface area contributed by atoms with Gasteiger partial charge in [0.05, 0.1) is 6.04 Å². The van der Waals surface area contributed by atoms with Crippen LogP contribution in [-0.2, 0) is 11.3 Å². The van der Waals surface area contributed by atoms with Gasteiger partial charge in [-0.3, -0.25) is 4.79 Å². The molecule has 3 atom stereocenters. The van der Waals surface area contributed by atoms with Gasteiger partial charge < -0.3 is 10.6 Å². The Hall–Kier alpha value is -1.35. The third kappa shape index (κ3) is 3.57. The second-order valence-corrected chi connectivity index (χ2v) is 5.40. The summed E-state index contributed by atoms with van der Waals surface area (Å²) in [5.74, 6) is 0.742. The molecule has 3 unspecified atom stereocenters. The monoisotopic (exact) mass is 246 g/mol. The van der Waals surface area contributed by atoms with Gasteiger partial charge in [-0.15, -0.1) is 0 Å². The van der Waals surface area contributed by atoms with E-state index in [2.05, 4.69) is 24.5 Å². The van der Waals surface area contributed by atoms with Crippen molar-refractivity contribution in [2.75, 3.05) is 0 Å². The Balaban J connectivity index is 1.84. The fraction of sp³-hybridized carbons (Fsp3) is 0.533. The van der Waals surface area contributed by atoms with E-state index in [0.717, 1.165) is 18.4 Å². The summed E-state index contributed by atoms with van der Waals surface area (Å²) in [5, 5.41) is 6.38. The number of carbonyl (C=O) groups is 1. The van der Waals surface area contributed by atoms with Gasteiger partial charge in [-0.1, -0.05) is 37.3 Å². The van der Waals surface area contributed by atoms with Crippen molar-refractivity contribution in [3.8, 4) is 0 Å². The number of benzene rings is 1. The maximum atomic E-state index is 12.1. The second kappa shape index (κ2) is 6.01. The van der Waals surface area contributed by atoms with Crippen molar-refractivity contribution < 1.29 is 4.79 Å². The fourth-order valence-corrected chi connectivity index (χ4v) is 2.67. The van der Waals surface area contributed by atoms with E-state index in [-0.39, 0.29) is 11.9 Å². The molecule has 1 heterocycles. The zero-order chi connectivity index (χ0) is 13.0. The molecule has 0 bridgehead atoms. The number of piperidine rings is 1. The van der Waals surface area contributed by atoms with E-state index in [1.807, 2.05) is 30.3 Å². The minimum absolute atomic E-state index is 0.0348. The molecule has 3 heteroatoms. The topological polar surface area (TPSA) is 41.1 Å². The Morgan fingerprint density at radius 3 is 2.67 bits per heavy atom. The maximum absolute atomic E-state index is 12.1. The maximum Gasteiger partial charge on any atom is 0.237 e. The smallest absolute Gasteiger partial charge is 0.237 e. The van der Waals surface area contributed by atoms with Crippen LogP contribution in [0.15, 0.2) is 30.3 Å². The molecule has 0 aliphatic carbocycles. The minimum Gasteiger partial charge on any atom is -0.351 e. The molecule has 2 rings (SSSR count). The van der Waals surface area contributed by atoms with Crippen LogP contribution in [0.5, 0.6) is 0 Å². The van der Waals surface area contributed by atoms with Gasteiger partial charge in [0.2, 0.25) is 5.91 Å². The average molecular weight is 246 g/mol. The van der Waals surface area contributed by atoms with Gasteiger partial charge in [-0.05, 0) is 31.2 Å². The molecular weight excluding hydrogens is 224 g/mol. The molecule has 1 fully saturated rings. The SMILES string of the molecule is CC1CC(C)NC(C(=O)NCc2ccccc2)C1. The van der Waals surface area contributed by atoms with Crippen molar-refractivity contribution in [2.24, 2.45) is 5.92 Å². The summed E-state index contributed by atoms with van der Waals surface area (Å²) in [6, 6.07) is 10.4. The van der Waals surface area contributed by atoms with Crippen LogP contribution in [0.25, 0.3) is 0 Å². The Kier molecular flexibility index (Phi) is 4.37. The molecule has 1 aliphatic heterocycles. The Labute approximate surface area is 109 Å². The van der Waals surface area contributed by atoms with Crippen LogP contribution in [-0.4, -0.2) is 18.0 Å². The molecule has 2 N–H and O–H groups in total. The average Bonchev–Trinajstić information content (AvgIpc) is 2.36. The zero-order valence-electron chi connectivity index (χ0n) is 11.1. The van der Waals surface area contributed by atoms with Crippen molar-refractivity contribution in [3.63, 3.8) is 0 Å². The number of hydrogen-bond donors (Lipinski definition) is 2. The lowest BCUT2D eigenvalue weighted by Gasteiger charge is -2.32. The normalized spacial score (nSPS) is 27.8. The van der Waals surface area contributed by atoms with Crippen LogP contribution in [0.2, 0.25) is 0 Å². The zero-order valence-corrected chi connectivity index (χ0v) is 11.1. The van der Waals surface area contributed by atoms with Gasteiger partial charge in [-0.2, -0.15) is 0 Å². The molecule has 18 heavy (non-hydrogen) atoms. The minimum atomic E-state index is -0.0348. The fourth-order valence-electron chi connectivity index (χ4n) is 2.67. The molecule has 0 spiro atoms. The number of carbonyl (C=O) groups excluding carboxylic acids is 1. The number of hydrogen-bond acceptors (Lipinski definition) is 2. The van der Waals surface area contributed by atoms with E-state index in [0.29, 0.717) is 18.5 Å². The van der Waals surface area contributed by atoms with Gasteiger partial charge >= 0.3 is 0 Å². The van der Waals surface area contributed by atoms with Gasteiger partial charge in [0, 0.05) is 12.6 Å². The lowest BCUT2D eigenvalue weighted by atomic mass is 9.89. The quantitative estimate of drug-likeness (QED) is 0.857. The van der Waals surface area contributed by atoms with Crippen molar-refractivity contribution in [1.82, 2.24) is 10.6 Å². The molecule has 1 aromatic carbocycles. The van der Waals surface area contributed by atoms with E-state index >= 15 is 0 Å². The van der Waals surface area contributed by atoms with Gasteiger partial charge in [0.25, 0.3) is 0 Å². The highest BCUT2D eigenvalue weighted by Crippen LogP contribution is 2.19. The summed E-state index contributed by atoms with van der Waals surface area (Å²) in [6.07, 6.45) is 2.09. The van der Waals surface area contributed by atoms with Crippen molar-refractivity contribution in [3.05, 3.63) is 35.9 Å². The molecule has 1 aliphatic rings. The summed E-state index contributed by atoms with van der Waals surface area (Å²) in [7, 11) is 0. The van der Waals surface area contributed by atoms with E-state index in [9.17, 15) is 4.79 Å². The first kappa shape index (κ1) is 13.1. The molecule has 0 saturated carbocycles. The number of nitrogens with one attached hydrogen (secondary N) is 2. The van der Waals surface area contributed by atoms with Gasteiger partial charge in [0.15, 0.2) is 0 Å².